The molecular formula is C24H29N5O3. The summed E-state index contributed by atoms with van der Waals surface area (Å²) in [5, 5.41) is 5.08. The molecule has 0 aliphatic carbocycles. The van der Waals surface area contributed by atoms with Crippen molar-refractivity contribution in [3.8, 4) is 0 Å². The van der Waals surface area contributed by atoms with Crippen LogP contribution in [0.3, 0.4) is 0 Å². The fourth-order valence-electron chi connectivity index (χ4n) is 3.40. The lowest BCUT2D eigenvalue weighted by Gasteiger charge is -2.19. The van der Waals surface area contributed by atoms with Crippen molar-refractivity contribution in [2.24, 2.45) is 0 Å². The highest BCUT2D eigenvalue weighted by Crippen LogP contribution is 2.15. The number of hydrazine groups is 1. The first-order valence-electron chi connectivity index (χ1n) is 10.9. The van der Waals surface area contributed by atoms with E-state index in [2.05, 4.69) is 27.8 Å². The second kappa shape index (κ2) is 10.6. The van der Waals surface area contributed by atoms with E-state index in [0.29, 0.717) is 29.3 Å². The van der Waals surface area contributed by atoms with Crippen LogP contribution >= 0.6 is 0 Å². The Kier molecular flexibility index (Phi) is 7.59. The topological polar surface area (TPSA) is 96.3 Å². The van der Waals surface area contributed by atoms with Crippen LogP contribution in [0.2, 0.25) is 0 Å². The first-order valence-corrected chi connectivity index (χ1v) is 10.9. The standard InChI is InChI=1S/C24H29N5O3/c1-4-6-16-28(3)18-13-11-17(12-14-18)22(30)25-26-23(31)21-19-9-7-8-10-20(19)24(32)29(27-21)15-5-2/h7-14H,4-6,15-16H2,1-3H3,(H,25,30)(H,26,31). The second-order valence-corrected chi connectivity index (χ2v) is 7.65. The summed E-state index contributed by atoms with van der Waals surface area (Å²) < 4.78 is 1.28. The van der Waals surface area contributed by atoms with Gasteiger partial charge in [0.05, 0.1) is 5.39 Å². The van der Waals surface area contributed by atoms with Gasteiger partial charge in [-0.15, -0.1) is 0 Å². The number of hydrogen-bond donors (Lipinski definition) is 2. The van der Waals surface area contributed by atoms with Gasteiger partial charge in [0.2, 0.25) is 0 Å². The van der Waals surface area contributed by atoms with Gasteiger partial charge in [0, 0.05) is 36.8 Å². The molecule has 0 saturated heterocycles. The minimum absolute atomic E-state index is 0.0850. The normalized spacial score (nSPS) is 10.7. The van der Waals surface area contributed by atoms with Crippen molar-refractivity contribution in [2.45, 2.75) is 39.7 Å². The SMILES string of the molecule is CCCCN(C)c1ccc(C(=O)NNC(=O)c2nn(CCC)c(=O)c3ccccc23)cc1. The van der Waals surface area contributed by atoms with Gasteiger partial charge in [-0.1, -0.05) is 38.5 Å². The number of anilines is 1. The van der Waals surface area contributed by atoms with E-state index in [1.165, 1.54) is 4.68 Å². The largest absolute Gasteiger partial charge is 0.375 e. The molecule has 8 heteroatoms. The third-order valence-electron chi connectivity index (χ3n) is 5.23. The van der Waals surface area contributed by atoms with E-state index in [4.69, 9.17) is 0 Å². The highest BCUT2D eigenvalue weighted by atomic mass is 16.2. The smallest absolute Gasteiger partial charge is 0.290 e. The number of amides is 2. The number of hydrogen-bond acceptors (Lipinski definition) is 5. The van der Waals surface area contributed by atoms with Crippen LogP contribution in [-0.4, -0.2) is 35.2 Å². The quantitative estimate of drug-likeness (QED) is 0.530. The van der Waals surface area contributed by atoms with Crippen LogP contribution in [0.15, 0.2) is 53.3 Å². The van der Waals surface area contributed by atoms with Gasteiger partial charge in [0.15, 0.2) is 5.69 Å². The summed E-state index contributed by atoms with van der Waals surface area (Å²) in [6, 6.07) is 14.0. The zero-order chi connectivity index (χ0) is 23.1. The number of carbonyl (C=O) groups excluding carboxylic acids is 2. The van der Waals surface area contributed by atoms with Gasteiger partial charge >= 0.3 is 0 Å². The van der Waals surface area contributed by atoms with Crippen LogP contribution in [0.5, 0.6) is 0 Å². The Bertz CT molecular complexity index is 1150. The van der Waals surface area contributed by atoms with E-state index < -0.39 is 11.8 Å². The fourth-order valence-corrected chi connectivity index (χ4v) is 3.40. The summed E-state index contributed by atoms with van der Waals surface area (Å²) in [5.41, 5.74) is 6.13. The molecule has 1 aromatic heterocycles. The van der Waals surface area contributed by atoms with Crippen LogP contribution in [0, 0.1) is 0 Å². The molecule has 0 bridgehead atoms. The highest BCUT2D eigenvalue weighted by molar-refractivity contribution is 6.06. The molecule has 1 heterocycles. The zero-order valence-corrected chi connectivity index (χ0v) is 18.7. The molecule has 2 aromatic carbocycles. The number of aromatic nitrogens is 2. The molecule has 3 rings (SSSR count). The Labute approximate surface area is 187 Å². The molecular weight excluding hydrogens is 406 g/mol. The van der Waals surface area contributed by atoms with Gasteiger partial charge in [-0.2, -0.15) is 5.10 Å². The lowest BCUT2D eigenvalue weighted by atomic mass is 10.1. The molecule has 168 valence electrons. The number of benzene rings is 2. The lowest BCUT2D eigenvalue weighted by molar-refractivity contribution is 0.0843. The summed E-state index contributed by atoms with van der Waals surface area (Å²) in [4.78, 5) is 40.0. The maximum Gasteiger partial charge on any atom is 0.290 e. The maximum absolute atomic E-state index is 12.8. The fraction of sp³-hybridized carbons (Fsp3) is 0.333. The molecule has 0 radical (unpaired) electrons. The van der Waals surface area contributed by atoms with Gasteiger partial charge in [-0.3, -0.25) is 25.2 Å². The van der Waals surface area contributed by atoms with Crippen molar-refractivity contribution < 1.29 is 9.59 Å². The minimum Gasteiger partial charge on any atom is -0.375 e. The van der Waals surface area contributed by atoms with Gasteiger partial charge in [-0.25, -0.2) is 4.68 Å². The molecule has 0 aliphatic rings. The van der Waals surface area contributed by atoms with Crippen molar-refractivity contribution in [1.29, 1.82) is 0 Å². The van der Waals surface area contributed by atoms with Crippen LogP contribution in [-0.2, 0) is 6.54 Å². The van der Waals surface area contributed by atoms with Crippen LogP contribution in [0.25, 0.3) is 10.8 Å². The number of fused-ring (bicyclic) bond motifs is 1. The number of nitrogens with zero attached hydrogens (tertiary/aromatic N) is 3. The van der Waals surface area contributed by atoms with E-state index >= 15 is 0 Å². The average Bonchev–Trinajstić information content (AvgIpc) is 2.82. The number of unbranched alkanes of at least 4 members (excludes halogenated alkanes) is 1. The summed E-state index contributed by atoms with van der Waals surface area (Å²) in [6.45, 7) is 5.41. The summed E-state index contributed by atoms with van der Waals surface area (Å²) in [6.07, 6.45) is 2.91. The monoisotopic (exact) mass is 435 g/mol. The second-order valence-electron chi connectivity index (χ2n) is 7.65. The molecule has 0 aliphatic heterocycles. The minimum atomic E-state index is -0.588. The molecule has 2 amide bonds. The van der Waals surface area contributed by atoms with Gasteiger partial charge in [0.1, 0.15) is 0 Å². The maximum atomic E-state index is 12.8. The van der Waals surface area contributed by atoms with E-state index in [-0.39, 0.29) is 11.3 Å². The molecule has 0 spiro atoms. The number of nitrogens with one attached hydrogen (secondary N) is 2. The van der Waals surface area contributed by atoms with Gasteiger partial charge < -0.3 is 4.90 Å². The van der Waals surface area contributed by atoms with Gasteiger partial charge in [-0.05, 0) is 43.2 Å². The predicted molar refractivity (Wildman–Crippen MR) is 126 cm³/mol. The molecule has 0 unspecified atom stereocenters. The van der Waals surface area contributed by atoms with E-state index in [0.717, 1.165) is 25.1 Å². The van der Waals surface area contributed by atoms with Crippen LogP contribution in [0.1, 0.15) is 54.0 Å². The Morgan fingerprint density at radius 2 is 1.59 bits per heavy atom. The van der Waals surface area contributed by atoms with Crippen molar-refractivity contribution >= 4 is 28.3 Å². The molecule has 8 nitrogen and oxygen atoms in total. The number of carbonyl (C=O) groups is 2. The average molecular weight is 436 g/mol. The summed E-state index contributed by atoms with van der Waals surface area (Å²) >= 11 is 0. The predicted octanol–water partition coefficient (Wildman–Crippen LogP) is 3.12. The third-order valence-corrected chi connectivity index (χ3v) is 5.23. The molecule has 0 atom stereocenters. The summed E-state index contributed by atoms with van der Waals surface area (Å²) in [7, 11) is 2.01. The van der Waals surface area contributed by atoms with Crippen LogP contribution < -0.4 is 21.3 Å². The van der Waals surface area contributed by atoms with E-state index in [9.17, 15) is 14.4 Å². The Balaban J connectivity index is 1.73. The molecule has 3 aromatic rings. The lowest BCUT2D eigenvalue weighted by Crippen LogP contribution is -2.42. The first kappa shape index (κ1) is 23.0. The molecule has 0 fully saturated rings. The number of aryl methyl sites for hydroxylation is 1. The van der Waals surface area contributed by atoms with Crippen molar-refractivity contribution in [3.05, 3.63) is 70.1 Å². The Morgan fingerprint density at radius 3 is 2.25 bits per heavy atom. The highest BCUT2D eigenvalue weighted by Gasteiger charge is 2.17. The Morgan fingerprint density at radius 1 is 0.938 bits per heavy atom. The molecule has 32 heavy (non-hydrogen) atoms. The number of rotatable bonds is 8. The molecule has 0 saturated carbocycles. The van der Waals surface area contributed by atoms with Crippen LogP contribution in [0.4, 0.5) is 5.69 Å². The Hall–Kier alpha value is -3.68. The van der Waals surface area contributed by atoms with Crippen molar-refractivity contribution in [2.75, 3.05) is 18.5 Å². The van der Waals surface area contributed by atoms with Crippen molar-refractivity contribution in [3.63, 3.8) is 0 Å². The van der Waals surface area contributed by atoms with Crippen molar-refractivity contribution in [1.82, 2.24) is 20.6 Å². The summed E-state index contributed by atoms with van der Waals surface area (Å²) in [5.74, 6) is -1.03. The van der Waals surface area contributed by atoms with E-state index in [1.54, 1.807) is 36.4 Å². The van der Waals surface area contributed by atoms with E-state index in [1.807, 2.05) is 26.1 Å². The van der Waals surface area contributed by atoms with Gasteiger partial charge in [0.25, 0.3) is 17.4 Å². The first-order chi connectivity index (χ1) is 15.5. The zero-order valence-electron chi connectivity index (χ0n) is 18.7. The third kappa shape index (κ3) is 5.14. The molecule has 2 N–H and O–H groups in total.